The maximum absolute atomic E-state index is 12.9. The van der Waals surface area contributed by atoms with Crippen LogP contribution in [0.5, 0.6) is 0 Å². The third-order valence-corrected chi connectivity index (χ3v) is 4.74. The van der Waals surface area contributed by atoms with Crippen LogP contribution in [0.2, 0.25) is 0 Å². The first-order valence-corrected chi connectivity index (χ1v) is 9.44. The lowest BCUT2D eigenvalue weighted by Crippen LogP contribution is -2.37. The van der Waals surface area contributed by atoms with Crippen LogP contribution in [0.1, 0.15) is 34.6 Å². The Morgan fingerprint density at radius 2 is 2.04 bits per heavy atom. The van der Waals surface area contributed by atoms with E-state index in [1.54, 1.807) is 17.7 Å². The average Bonchev–Trinajstić information content (AvgIpc) is 3.03. The Kier molecular flexibility index (Phi) is 5.94. The summed E-state index contributed by atoms with van der Waals surface area (Å²) in [6.45, 7) is 4.91. The summed E-state index contributed by atoms with van der Waals surface area (Å²) in [4.78, 5) is 32.1. The Morgan fingerprint density at radius 3 is 2.75 bits per heavy atom. The van der Waals surface area contributed by atoms with Gasteiger partial charge < -0.3 is 19.2 Å². The molecule has 1 unspecified atom stereocenters. The first-order valence-electron chi connectivity index (χ1n) is 9.44. The van der Waals surface area contributed by atoms with E-state index in [0.717, 1.165) is 17.9 Å². The number of nitrogens with zero attached hydrogens (tertiary/aromatic N) is 4. The van der Waals surface area contributed by atoms with Gasteiger partial charge in [0.25, 0.3) is 11.5 Å². The van der Waals surface area contributed by atoms with Crippen LogP contribution in [0, 0.1) is 6.92 Å². The molecule has 148 valence electrons. The lowest BCUT2D eigenvalue weighted by atomic mass is 10.1. The Bertz CT molecular complexity index is 1000. The first-order chi connectivity index (χ1) is 13.4. The fourth-order valence-electron chi connectivity index (χ4n) is 3.38. The fraction of sp³-hybridized carbons (Fsp3) is 0.381. The maximum Gasteiger partial charge on any atom is 0.263 e. The number of carbonyl (C=O) groups excluding carboxylic acids is 1. The van der Waals surface area contributed by atoms with Gasteiger partial charge in [0.15, 0.2) is 0 Å². The molecule has 0 saturated carbocycles. The van der Waals surface area contributed by atoms with Gasteiger partial charge in [-0.15, -0.1) is 0 Å². The second kappa shape index (κ2) is 8.39. The number of aromatic nitrogens is 3. The summed E-state index contributed by atoms with van der Waals surface area (Å²) < 4.78 is 3.58. The number of imidazole rings is 1. The topological polar surface area (TPSA) is 71.6 Å². The Morgan fingerprint density at radius 1 is 1.25 bits per heavy atom. The van der Waals surface area contributed by atoms with Gasteiger partial charge in [-0.2, -0.15) is 0 Å². The van der Waals surface area contributed by atoms with Crippen molar-refractivity contribution in [3.8, 4) is 0 Å². The number of carbonyl (C=O) groups is 1. The molecule has 3 heterocycles. The largest absolute Gasteiger partial charge is 0.351 e. The molecule has 3 rings (SSSR count). The second-order valence-electron chi connectivity index (χ2n) is 7.40. The van der Waals surface area contributed by atoms with E-state index in [0.29, 0.717) is 18.5 Å². The molecule has 1 amide bonds. The van der Waals surface area contributed by atoms with Gasteiger partial charge in [0.05, 0.1) is 5.69 Å². The molecule has 0 bridgehead atoms. The molecule has 0 aliphatic rings. The number of likely N-dealkylation sites (N-methyl/N-ethyl adjacent to an activating group) is 1. The summed E-state index contributed by atoms with van der Waals surface area (Å²) in [7, 11) is 3.92. The SMILES string of the molecule is Cc1ccn(C(C)CN(C)C)c(=O)c1C(=O)NCCc1cn2ccccc2n1. The van der Waals surface area contributed by atoms with Crippen molar-refractivity contribution in [1.29, 1.82) is 0 Å². The number of pyridine rings is 2. The zero-order valence-electron chi connectivity index (χ0n) is 16.8. The monoisotopic (exact) mass is 381 g/mol. The van der Waals surface area contributed by atoms with Gasteiger partial charge >= 0.3 is 0 Å². The van der Waals surface area contributed by atoms with Gasteiger partial charge in [-0.05, 0) is 51.7 Å². The van der Waals surface area contributed by atoms with Crippen LogP contribution in [-0.4, -0.2) is 51.9 Å². The number of aryl methyl sites for hydroxylation is 1. The van der Waals surface area contributed by atoms with Gasteiger partial charge in [0.2, 0.25) is 0 Å². The average molecular weight is 381 g/mol. The van der Waals surface area contributed by atoms with Crippen LogP contribution < -0.4 is 10.9 Å². The highest BCUT2D eigenvalue weighted by molar-refractivity contribution is 5.95. The van der Waals surface area contributed by atoms with Crippen LogP contribution in [0.3, 0.4) is 0 Å². The molecule has 3 aromatic rings. The predicted molar refractivity (Wildman–Crippen MR) is 110 cm³/mol. The Labute approximate surface area is 164 Å². The summed E-state index contributed by atoms with van der Waals surface area (Å²) in [5.41, 5.74) is 2.42. The van der Waals surface area contributed by atoms with Crippen molar-refractivity contribution in [1.82, 2.24) is 24.2 Å². The molecule has 0 aliphatic carbocycles. The summed E-state index contributed by atoms with van der Waals surface area (Å²) >= 11 is 0. The van der Waals surface area contributed by atoms with Crippen molar-refractivity contribution >= 4 is 11.6 Å². The number of hydrogen-bond acceptors (Lipinski definition) is 4. The number of hydrogen-bond donors (Lipinski definition) is 1. The standard InChI is InChI=1S/C21H27N5O2/c1-15-9-12-26(16(2)13-24(3)4)21(28)19(15)20(27)22-10-8-17-14-25-11-6-5-7-18(25)23-17/h5-7,9,11-12,14,16H,8,10,13H2,1-4H3,(H,22,27). The van der Waals surface area contributed by atoms with Crippen LogP contribution in [0.25, 0.3) is 5.65 Å². The third kappa shape index (κ3) is 4.31. The summed E-state index contributed by atoms with van der Waals surface area (Å²) in [5.74, 6) is -0.335. The molecule has 0 aromatic carbocycles. The molecule has 1 atom stereocenters. The molecular formula is C21H27N5O2. The molecule has 0 fully saturated rings. The minimum Gasteiger partial charge on any atom is -0.351 e. The molecule has 0 radical (unpaired) electrons. The normalized spacial score (nSPS) is 12.5. The fourth-order valence-corrected chi connectivity index (χ4v) is 3.38. The van der Waals surface area contributed by atoms with E-state index in [2.05, 4.69) is 10.3 Å². The lowest BCUT2D eigenvalue weighted by molar-refractivity contribution is 0.0951. The highest BCUT2D eigenvalue weighted by atomic mass is 16.2. The molecule has 0 saturated heterocycles. The van der Waals surface area contributed by atoms with Gasteiger partial charge in [0, 0.05) is 44.1 Å². The molecule has 28 heavy (non-hydrogen) atoms. The molecule has 0 aliphatic heterocycles. The molecule has 1 N–H and O–H groups in total. The smallest absolute Gasteiger partial charge is 0.263 e. The minimum atomic E-state index is -0.335. The number of fused-ring (bicyclic) bond motifs is 1. The Hall–Kier alpha value is -2.93. The Balaban J connectivity index is 1.70. The quantitative estimate of drug-likeness (QED) is 0.679. The molecule has 3 aromatic heterocycles. The van der Waals surface area contributed by atoms with Crippen molar-refractivity contribution in [2.75, 3.05) is 27.2 Å². The third-order valence-electron chi connectivity index (χ3n) is 4.74. The highest BCUT2D eigenvalue weighted by Crippen LogP contribution is 2.09. The van der Waals surface area contributed by atoms with E-state index in [9.17, 15) is 9.59 Å². The maximum atomic E-state index is 12.9. The van der Waals surface area contributed by atoms with Crippen LogP contribution in [0.4, 0.5) is 0 Å². The lowest BCUT2D eigenvalue weighted by Gasteiger charge is -2.20. The van der Waals surface area contributed by atoms with E-state index in [-0.39, 0.29) is 23.1 Å². The first kappa shape index (κ1) is 19.8. The van der Waals surface area contributed by atoms with Gasteiger partial charge in [0.1, 0.15) is 11.2 Å². The van der Waals surface area contributed by atoms with E-state index in [1.165, 1.54) is 0 Å². The summed E-state index contributed by atoms with van der Waals surface area (Å²) in [6, 6.07) is 7.62. The van der Waals surface area contributed by atoms with Crippen molar-refractivity contribution in [3.63, 3.8) is 0 Å². The van der Waals surface area contributed by atoms with Crippen molar-refractivity contribution < 1.29 is 4.79 Å². The second-order valence-corrected chi connectivity index (χ2v) is 7.40. The van der Waals surface area contributed by atoms with E-state index in [1.807, 2.05) is 67.0 Å². The van der Waals surface area contributed by atoms with E-state index >= 15 is 0 Å². The van der Waals surface area contributed by atoms with Gasteiger partial charge in [-0.3, -0.25) is 9.59 Å². The minimum absolute atomic E-state index is 0.0207. The van der Waals surface area contributed by atoms with Crippen LogP contribution in [-0.2, 0) is 6.42 Å². The number of amides is 1. The zero-order chi connectivity index (χ0) is 20.3. The highest BCUT2D eigenvalue weighted by Gasteiger charge is 2.18. The van der Waals surface area contributed by atoms with Crippen molar-refractivity contribution in [2.24, 2.45) is 0 Å². The predicted octanol–water partition coefficient (Wildman–Crippen LogP) is 1.90. The van der Waals surface area contributed by atoms with Gasteiger partial charge in [-0.1, -0.05) is 6.07 Å². The van der Waals surface area contributed by atoms with E-state index in [4.69, 9.17) is 0 Å². The van der Waals surface area contributed by atoms with Gasteiger partial charge in [-0.25, -0.2) is 4.98 Å². The summed E-state index contributed by atoms with van der Waals surface area (Å²) in [6.07, 6.45) is 6.25. The molecule has 7 nitrogen and oxygen atoms in total. The molecule has 0 spiro atoms. The summed E-state index contributed by atoms with van der Waals surface area (Å²) in [5, 5.41) is 2.87. The van der Waals surface area contributed by atoms with Crippen LogP contribution >= 0.6 is 0 Å². The molecule has 7 heteroatoms. The number of nitrogens with one attached hydrogen (secondary N) is 1. The van der Waals surface area contributed by atoms with Crippen molar-refractivity contribution in [2.45, 2.75) is 26.3 Å². The van der Waals surface area contributed by atoms with E-state index < -0.39 is 0 Å². The number of rotatable bonds is 7. The zero-order valence-corrected chi connectivity index (χ0v) is 16.8. The molecular weight excluding hydrogens is 354 g/mol. The van der Waals surface area contributed by atoms with Crippen LogP contribution in [0.15, 0.2) is 47.7 Å². The van der Waals surface area contributed by atoms with Crippen molar-refractivity contribution in [3.05, 3.63) is 70.0 Å².